The van der Waals surface area contributed by atoms with Gasteiger partial charge < -0.3 is 14.4 Å². The standard InChI is InChI=1S/C25H22N2O3/c1-26(2)17-8-9-19-21-14-20-16(12-22(21)25(29)30-24(19)13-17)15-27(10-5-11-28)23-7-4-3-6-18(20)23/h3-4,6-9,12-15H,5,10-11H2,1-2H3. The van der Waals surface area contributed by atoms with E-state index in [1.54, 1.807) is 0 Å². The van der Waals surface area contributed by atoms with Crippen LogP contribution in [0.15, 0.2) is 70.0 Å². The molecule has 0 aliphatic carbocycles. The predicted molar refractivity (Wildman–Crippen MR) is 119 cm³/mol. The van der Waals surface area contributed by atoms with Gasteiger partial charge in [-0.05, 0) is 36.8 Å². The highest BCUT2D eigenvalue weighted by Gasteiger charge is 2.16. The van der Waals surface area contributed by atoms with Gasteiger partial charge in [-0.3, -0.25) is 0 Å². The van der Waals surface area contributed by atoms with E-state index in [0.717, 1.165) is 38.1 Å². The van der Waals surface area contributed by atoms with Gasteiger partial charge in [0, 0.05) is 53.5 Å². The zero-order valence-electron chi connectivity index (χ0n) is 17.0. The van der Waals surface area contributed by atoms with Gasteiger partial charge in [-0.2, -0.15) is 4.57 Å². The highest BCUT2D eigenvalue weighted by atomic mass is 16.4. The van der Waals surface area contributed by atoms with Crippen molar-refractivity contribution in [3.8, 4) is 0 Å². The van der Waals surface area contributed by atoms with Gasteiger partial charge in [0.2, 0.25) is 5.52 Å². The largest absolute Gasteiger partial charge is 0.854 e. The van der Waals surface area contributed by atoms with Crippen molar-refractivity contribution in [2.45, 2.75) is 13.0 Å². The first-order chi connectivity index (χ1) is 14.6. The van der Waals surface area contributed by atoms with E-state index in [1.165, 1.54) is 0 Å². The van der Waals surface area contributed by atoms with Crippen molar-refractivity contribution in [3.05, 3.63) is 71.2 Å². The van der Waals surface area contributed by atoms with E-state index in [0.29, 0.717) is 23.9 Å². The van der Waals surface area contributed by atoms with Crippen LogP contribution in [-0.4, -0.2) is 20.7 Å². The number of hydrogen-bond donors (Lipinski definition) is 0. The first-order valence-corrected chi connectivity index (χ1v) is 10.1. The van der Waals surface area contributed by atoms with Crippen molar-refractivity contribution in [2.75, 3.05) is 25.6 Å². The number of aromatic nitrogens is 1. The van der Waals surface area contributed by atoms with Crippen molar-refractivity contribution < 1.29 is 14.1 Å². The average Bonchev–Trinajstić information content (AvgIpc) is 2.76. The second-order valence-electron chi connectivity index (χ2n) is 7.85. The fourth-order valence-electron chi connectivity index (χ4n) is 4.21. The van der Waals surface area contributed by atoms with Crippen LogP contribution in [0, 0.1) is 0 Å². The first kappa shape index (κ1) is 18.6. The summed E-state index contributed by atoms with van der Waals surface area (Å²) >= 11 is 0. The summed E-state index contributed by atoms with van der Waals surface area (Å²) in [5, 5.41) is 16.6. The van der Waals surface area contributed by atoms with Gasteiger partial charge in [-0.15, -0.1) is 6.61 Å². The molecule has 0 N–H and O–H groups in total. The summed E-state index contributed by atoms with van der Waals surface area (Å²) in [5.41, 5.74) is 2.31. The maximum atomic E-state index is 12.8. The second-order valence-corrected chi connectivity index (χ2v) is 7.85. The summed E-state index contributed by atoms with van der Waals surface area (Å²) in [6.45, 7) is 0.541. The highest BCUT2D eigenvalue weighted by Crippen LogP contribution is 2.31. The number of fused-ring (bicyclic) bond motifs is 6. The van der Waals surface area contributed by atoms with Crippen molar-refractivity contribution in [1.82, 2.24) is 0 Å². The molecule has 5 rings (SSSR count). The third-order valence-electron chi connectivity index (χ3n) is 5.73. The second kappa shape index (κ2) is 7.11. The molecule has 30 heavy (non-hydrogen) atoms. The van der Waals surface area contributed by atoms with Crippen LogP contribution in [-0.2, 0) is 6.54 Å². The lowest BCUT2D eigenvalue weighted by atomic mass is 10.00. The minimum atomic E-state index is -0.338. The number of para-hydroxylation sites is 1. The van der Waals surface area contributed by atoms with Crippen LogP contribution in [0.4, 0.5) is 5.69 Å². The predicted octanol–water partition coefficient (Wildman–Crippen LogP) is 3.36. The SMILES string of the molecule is CN(C)c1ccc2c(c1)oc(=O)c1cc3c[n+](CCC[O-])c4ccccc4c3cc12. The topological polar surface area (TPSA) is 60.4 Å². The molecular weight excluding hydrogens is 376 g/mol. The Morgan fingerprint density at radius 3 is 2.57 bits per heavy atom. The minimum absolute atomic E-state index is 0.110. The van der Waals surface area contributed by atoms with Crippen molar-refractivity contribution in [3.63, 3.8) is 0 Å². The summed E-state index contributed by atoms with van der Waals surface area (Å²) in [6.07, 6.45) is 2.60. The molecule has 0 unspecified atom stereocenters. The van der Waals surface area contributed by atoms with Gasteiger partial charge >= 0.3 is 5.63 Å². The van der Waals surface area contributed by atoms with Gasteiger partial charge in [-0.25, -0.2) is 4.79 Å². The molecule has 3 aromatic carbocycles. The van der Waals surface area contributed by atoms with Crippen LogP contribution in [0.3, 0.4) is 0 Å². The normalized spacial score (nSPS) is 11.7. The Balaban J connectivity index is 1.89. The maximum absolute atomic E-state index is 12.8. The number of rotatable bonds is 4. The molecule has 0 bridgehead atoms. The molecule has 0 radical (unpaired) electrons. The number of hydrogen-bond acceptors (Lipinski definition) is 4. The van der Waals surface area contributed by atoms with Gasteiger partial charge in [-0.1, -0.05) is 12.1 Å². The molecular formula is C25H22N2O3. The number of benzene rings is 3. The van der Waals surface area contributed by atoms with Gasteiger partial charge in [0.25, 0.3) is 0 Å². The van der Waals surface area contributed by atoms with E-state index < -0.39 is 0 Å². The monoisotopic (exact) mass is 398 g/mol. The highest BCUT2D eigenvalue weighted by molar-refractivity contribution is 6.15. The molecule has 0 saturated carbocycles. The van der Waals surface area contributed by atoms with Crippen LogP contribution in [0.2, 0.25) is 0 Å². The van der Waals surface area contributed by atoms with E-state index in [1.807, 2.05) is 61.6 Å². The molecule has 150 valence electrons. The van der Waals surface area contributed by atoms with Crippen molar-refractivity contribution in [1.29, 1.82) is 0 Å². The molecule has 0 aliphatic heterocycles. The average molecular weight is 398 g/mol. The third-order valence-corrected chi connectivity index (χ3v) is 5.73. The lowest BCUT2D eigenvalue weighted by molar-refractivity contribution is -0.672. The first-order valence-electron chi connectivity index (χ1n) is 10.1. The molecule has 0 atom stereocenters. The van der Waals surface area contributed by atoms with E-state index in [2.05, 4.69) is 22.8 Å². The summed E-state index contributed by atoms with van der Waals surface area (Å²) in [7, 11) is 3.92. The summed E-state index contributed by atoms with van der Waals surface area (Å²) in [5.74, 6) is 0. The fourth-order valence-corrected chi connectivity index (χ4v) is 4.21. The Hall–Kier alpha value is -3.44. The fraction of sp³-hybridized carbons (Fsp3) is 0.200. The molecule has 0 amide bonds. The van der Waals surface area contributed by atoms with E-state index in [9.17, 15) is 9.90 Å². The molecule has 5 nitrogen and oxygen atoms in total. The Kier molecular flexibility index (Phi) is 4.40. The van der Waals surface area contributed by atoms with Crippen LogP contribution < -0.4 is 20.2 Å². The van der Waals surface area contributed by atoms with Crippen LogP contribution >= 0.6 is 0 Å². The molecule has 5 aromatic rings. The Morgan fingerprint density at radius 2 is 1.77 bits per heavy atom. The number of nitrogens with zero attached hydrogens (tertiary/aromatic N) is 2. The summed E-state index contributed by atoms with van der Waals surface area (Å²) in [4.78, 5) is 14.8. The Morgan fingerprint density at radius 1 is 0.933 bits per heavy atom. The molecule has 2 aromatic heterocycles. The Labute approximate surface area is 173 Å². The van der Waals surface area contributed by atoms with Gasteiger partial charge in [0.1, 0.15) is 12.1 Å². The smallest absolute Gasteiger partial charge is 0.344 e. The molecule has 0 saturated heterocycles. The lowest BCUT2D eigenvalue weighted by Crippen LogP contribution is -2.35. The zero-order valence-corrected chi connectivity index (χ0v) is 17.0. The molecule has 2 heterocycles. The summed E-state index contributed by atoms with van der Waals surface area (Å²) < 4.78 is 7.77. The van der Waals surface area contributed by atoms with Crippen molar-refractivity contribution >= 4 is 49.1 Å². The minimum Gasteiger partial charge on any atom is -0.854 e. The quantitative estimate of drug-likeness (QED) is 0.202. The van der Waals surface area contributed by atoms with E-state index >= 15 is 0 Å². The molecule has 0 spiro atoms. The number of pyridine rings is 1. The van der Waals surface area contributed by atoms with Gasteiger partial charge in [0.15, 0.2) is 6.20 Å². The van der Waals surface area contributed by atoms with Crippen LogP contribution in [0.25, 0.3) is 43.4 Å². The molecule has 0 fully saturated rings. The summed E-state index contributed by atoms with van der Waals surface area (Å²) in [6, 6.07) is 18.2. The number of anilines is 1. The van der Waals surface area contributed by atoms with E-state index in [-0.39, 0.29) is 12.2 Å². The third kappa shape index (κ3) is 2.90. The molecule has 5 heteroatoms. The lowest BCUT2D eigenvalue weighted by Gasteiger charge is -2.13. The van der Waals surface area contributed by atoms with Crippen LogP contribution in [0.1, 0.15) is 6.42 Å². The van der Waals surface area contributed by atoms with E-state index in [4.69, 9.17) is 4.42 Å². The molecule has 0 aliphatic rings. The Bertz CT molecular complexity index is 1490. The van der Waals surface area contributed by atoms with Crippen LogP contribution in [0.5, 0.6) is 0 Å². The number of aryl methyl sites for hydroxylation is 1. The van der Waals surface area contributed by atoms with Crippen molar-refractivity contribution in [2.24, 2.45) is 0 Å². The zero-order chi connectivity index (χ0) is 20.8. The van der Waals surface area contributed by atoms with Gasteiger partial charge in [0.05, 0.1) is 10.8 Å². The maximum Gasteiger partial charge on any atom is 0.344 e.